The molecule has 3 unspecified atom stereocenters. The molecule has 0 bridgehead atoms. The van der Waals surface area contributed by atoms with Crippen LogP contribution in [-0.4, -0.2) is 52.4 Å². The van der Waals surface area contributed by atoms with Crippen molar-refractivity contribution in [2.45, 2.75) is 44.9 Å². The van der Waals surface area contributed by atoms with Gasteiger partial charge in [-0.05, 0) is 37.3 Å². The molecule has 3 atom stereocenters. The van der Waals surface area contributed by atoms with Crippen molar-refractivity contribution >= 4 is 16.8 Å². The van der Waals surface area contributed by atoms with E-state index in [1.165, 1.54) is 0 Å². The third-order valence-electron chi connectivity index (χ3n) is 5.82. The van der Waals surface area contributed by atoms with E-state index in [-0.39, 0.29) is 24.0 Å². The van der Waals surface area contributed by atoms with Gasteiger partial charge in [0.1, 0.15) is 6.54 Å². The van der Waals surface area contributed by atoms with Crippen LogP contribution in [0.4, 0.5) is 0 Å². The van der Waals surface area contributed by atoms with Crippen LogP contribution in [0.3, 0.4) is 0 Å². The van der Waals surface area contributed by atoms with Crippen LogP contribution < -0.4 is 0 Å². The topological polar surface area (TPSA) is 54.7 Å². The molecule has 134 valence electrons. The number of para-hydroxylation sites is 1. The van der Waals surface area contributed by atoms with Crippen molar-refractivity contribution in [3.05, 3.63) is 36.0 Å². The molecule has 1 aliphatic carbocycles. The van der Waals surface area contributed by atoms with E-state index in [9.17, 15) is 9.90 Å². The minimum Gasteiger partial charge on any atom is -0.393 e. The van der Waals surface area contributed by atoms with Gasteiger partial charge in [0.25, 0.3) is 0 Å². The van der Waals surface area contributed by atoms with Gasteiger partial charge in [-0.3, -0.25) is 4.79 Å². The summed E-state index contributed by atoms with van der Waals surface area (Å²) < 4.78 is 7.73. The van der Waals surface area contributed by atoms with Gasteiger partial charge in [-0.2, -0.15) is 0 Å². The molecule has 25 heavy (non-hydrogen) atoms. The van der Waals surface area contributed by atoms with Crippen LogP contribution in [0.5, 0.6) is 0 Å². The predicted molar refractivity (Wildman–Crippen MR) is 96.3 cm³/mol. The van der Waals surface area contributed by atoms with Crippen LogP contribution in [0.1, 0.15) is 25.0 Å². The molecule has 0 radical (unpaired) electrons. The molecule has 2 aromatic rings. The Morgan fingerprint density at radius 1 is 1.32 bits per heavy atom. The first-order valence-corrected chi connectivity index (χ1v) is 9.25. The highest BCUT2D eigenvalue weighted by molar-refractivity contribution is 5.84. The number of benzene rings is 1. The lowest BCUT2D eigenvalue weighted by atomic mass is 9.94. The number of morpholine rings is 1. The van der Waals surface area contributed by atoms with Crippen LogP contribution in [-0.2, 0) is 16.1 Å². The molecule has 1 saturated carbocycles. The molecule has 2 heterocycles. The van der Waals surface area contributed by atoms with Crippen molar-refractivity contribution in [3.63, 3.8) is 0 Å². The molecule has 1 aromatic heterocycles. The SMILES string of the molecule is Cc1cc2ccccc2n1CC(=O)N1CCOCC1C1CCCC1O. The van der Waals surface area contributed by atoms with E-state index < -0.39 is 0 Å². The zero-order chi connectivity index (χ0) is 17.4. The van der Waals surface area contributed by atoms with Gasteiger partial charge in [0.15, 0.2) is 0 Å². The number of carbonyl (C=O) groups excluding carboxylic acids is 1. The molecule has 2 aliphatic rings. The summed E-state index contributed by atoms with van der Waals surface area (Å²) in [4.78, 5) is 15.1. The smallest absolute Gasteiger partial charge is 0.242 e. The van der Waals surface area contributed by atoms with Gasteiger partial charge in [-0.15, -0.1) is 0 Å². The number of hydrogen-bond donors (Lipinski definition) is 1. The molecule has 1 saturated heterocycles. The Labute approximate surface area is 148 Å². The first-order chi connectivity index (χ1) is 12.1. The number of aromatic nitrogens is 1. The highest BCUT2D eigenvalue weighted by Gasteiger charge is 2.39. The zero-order valence-corrected chi connectivity index (χ0v) is 14.7. The number of nitrogens with zero attached hydrogens (tertiary/aromatic N) is 2. The minimum absolute atomic E-state index is 0.000817. The summed E-state index contributed by atoms with van der Waals surface area (Å²) in [6.07, 6.45) is 2.54. The Balaban J connectivity index is 1.57. The molecular formula is C20H26N2O3. The predicted octanol–water partition coefficient (Wildman–Crippen LogP) is 2.34. The third-order valence-corrected chi connectivity index (χ3v) is 5.82. The monoisotopic (exact) mass is 342 g/mol. The highest BCUT2D eigenvalue weighted by atomic mass is 16.5. The summed E-state index contributed by atoms with van der Waals surface area (Å²) in [5.41, 5.74) is 2.19. The van der Waals surface area contributed by atoms with Gasteiger partial charge in [0.05, 0.1) is 25.4 Å². The number of hydrogen-bond acceptors (Lipinski definition) is 3. The summed E-state index contributed by atoms with van der Waals surface area (Å²) in [6.45, 7) is 4.13. The van der Waals surface area contributed by atoms with Crippen molar-refractivity contribution < 1.29 is 14.6 Å². The number of amides is 1. The van der Waals surface area contributed by atoms with E-state index in [0.29, 0.717) is 26.3 Å². The summed E-state index contributed by atoms with van der Waals surface area (Å²) in [5, 5.41) is 11.4. The van der Waals surface area contributed by atoms with Crippen molar-refractivity contribution in [1.82, 2.24) is 9.47 Å². The van der Waals surface area contributed by atoms with Crippen molar-refractivity contribution in [3.8, 4) is 0 Å². The number of aliphatic hydroxyl groups is 1. The lowest BCUT2D eigenvalue weighted by molar-refractivity contribution is -0.144. The van der Waals surface area contributed by atoms with E-state index >= 15 is 0 Å². The fourth-order valence-electron chi connectivity index (χ4n) is 4.49. The standard InChI is InChI=1S/C20H26N2O3/c1-14-11-15-5-2-3-7-17(15)22(14)12-20(24)21-9-10-25-13-18(21)16-6-4-8-19(16)23/h2-3,5,7,11,16,18-19,23H,4,6,8-10,12-13H2,1H3. The lowest BCUT2D eigenvalue weighted by Gasteiger charge is -2.40. The van der Waals surface area contributed by atoms with Gasteiger partial charge in [-0.1, -0.05) is 24.6 Å². The van der Waals surface area contributed by atoms with E-state index in [4.69, 9.17) is 4.74 Å². The van der Waals surface area contributed by atoms with Crippen LogP contribution >= 0.6 is 0 Å². The Hall–Kier alpha value is -1.85. The first-order valence-electron chi connectivity index (χ1n) is 9.25. The maximum Gasteiger partial charge on any atom is 0.242 e. The highest BCUT2D eigenvalue weighted by Crippen LogP contribution is 2.32. The van der Waals surface area contributed by atoms with Crippen molar-refractivity contribution in [2.24, 2.45) is 5.92 Å². The third kappa shape index (κ3) is 3.07. The summed E-state index contributed by atoms with van der Waals surface area (Å²) in [5.74, 6) is 0.267. The molecule has 2 fully saturated rings. The second-order valence-corrected chi connectivity index (χ2v) is 7.32. The average Bonchev–Trinajstić information content (AvgIpc) is 3.18. The van der Waals surface area contributed by atoms with Crippen molar-refractivity contribution in [1.29, 1.82) is 0 Å². The quantitative estimate of drug-likeness (QED) is 0.931. The molecule has 5 heteroatoms. The number of aryl methyl sites for hydroxylation is 1. The lowest BCUT2D eigenvalue weighted by Crippen LogP contribution is -2.54. The maximum absolute atomic E-state index is 13.1. The summed E-state index contributed by atoms with van der Waals surface area (Å²) >= 11 is 0. The van der Waals surface area contributed by atoms with Gasteiger partial charge in [0.2, 0.25) is 5.91 Å². The largest absolute Gasteiger partial charge is 0.393 e. The molecule has 5 nitrogen and oxygen atoms in total. The molecular weight excluding hydrogens is 316 g/mol. The van der Waals surface area contributed by atoms with E-state index in [0.717, 1.165) is 35.9 Å². The van der Waals surface area contributed by atoms with Gasteiger partial charge < -0.3 is 19.3 Å². The van der Waals surface area contributed by atoms with Gasteiger partial charge in [0, 0.05) is 23.7 Å². The number of ether oxygens (including phenoxy) is 1. The summed E-state index contributed by atoms with van der Waals surface area (Å²) in [6, 6.07) is 10.3. The summed E-state index contributed by atoms with van der Waals surface area (Å²) in [7, 11) is 0. The van der Waals surface area contributed by atoms with Gasteiger partial charge in [-0.25, -0.2) is 0 Å². The number of aliphatic hydroxyl groups excluding tert-OH is 1. The second kappa shape index (κ2) is 6.81. The normalized spacial score (nSPS) is 27.1. The fraction of sp³-hybridized carbons (Fsp3) is 0.550. The average molecular weight is 342 g/mol. The molecule has 1 aromatic carbocycles. The Morgan fingerprint density at radius 2 is 2.16 bits per heavy atom. The van der Waals surface area contributed by atoms with Crippen LogP contribution in [0.15, 0.2) is 30.3 Å². The number of rotatable bonds is 3. The van der Waals surface area contributed by atoms with Gasteiger partial charge >= 0.3 is 0 Å². The van der Waals surface area contributed by atoms with E-state index in [2.05, 4.69) is 22.8 Å². The van der Waals surface area contributed by atoms with Crippen LogP contribution in [0.2, 0.25) is 0 Å². The Kier molecular flexibility index (Phi) is 4.52. The molecule has 1 aliphatic heterocycles. The minimum atomic E-state index is -0.309. The second-order valence-electron chi connectivity index (χ2n) is 7.32. The Bertz CT molecular complexity index is 769. The van der Waals surface area contributed by atoms with E-state index in [1.807, 2.05) is 24.0 Å². The molecule has 1 amide bonds. The fourth-order valence-corrected chi connectivity index (χ4v) is 4.49. The van der Waals surface area contributed by atoms with Crippen LogP contribution in [0, 0.1) is 12.8 Å². The van der Waals surface area contributed by atoms with E-state index in [1.54, 1.807) is 0 Å². The molecule has 0 spiro atoms. The first kappa shape index (κ1) is 16.6. The molecule has 4 rings (SSSR count). The maximum atomic E-state index is 13.1. The molecule has 1 N–H and O–H groups in total. The zero-order valence-electron chi connectivity index (χ0n) is 14.7. The Morgan fingerprint density at radius 3 is 2.96 bits per heavy atom. The number of carbonyl (C=O) groups is 1. The van der Waals surface area contributed by atoms with Crippen LogP contribution in [0.25, 0.3) is 10.9 Å². The van der Waals surface area contributed by atoms with Crippen molar-refractivity contribution in [2.75, 3.05) is 19.8 Å². The number of fused-ring (bicyclic) bond motifs is 1.